The third-order valence-corrected chi connectivity index (χ3v) is 1.12. The normalized spacial score (nSPS) is 12.3. The molecule has 0 radical (unpaired) electrons. The fourth-order valence-corrected chi connectivity index (χ4v) is 0.440. The molecule has 0 fully saturated rings. The van der Waals surface area contributed by atoms with Gasteiger partial charge in [-0.15, -0.1) is 0 Å². The number of hydrogen-bond donors (Lipinski definition) is 2. The first-order chi connectivity index (χ1) is 4.09. The fourth-order valence-electron chi connectivity index (χ4n) is 0.440. The Kier molecular flexibility index (Phi) is 3.01. The molecule has 54 valence electrons. The van der Waals surface area contributed by atoms with Crippen LogP contribution >= 0.6 is 0 Å². The fraction of sp³-hybridized carbons (Fsp3) is 0.800. The standard InChI is InChI=1S/C5H14N4/c1-4(2)9(7)5(3)8-6/h4H,6-7H2,1-3H3/b8-5-. The minimum absolute atomic E-state index is 0.247. The van der Waals surface area contributed by atoms with Gasteiger partial charge in [0.2, 0.25) is 0 Å². The first-order valence-electron chi connectivity index (χ1n) is 2.88. The summed E-state index contributed by atoms with van der Waals surface area (Å²) in [6.45, 7) is 5.70. The average Bonchev–Trinajstić information content (AvgIpc) is 1.84. The van der Waals surface area contributed by atoms with Crippen LogP contribution in [0.1, 0.15) is 20.8 Å². The van der Waals surface area contributed by atoms with E-state index >= 15 is 0 Å². The van der Waals surface area contributed by atoms with Gasteiger partial charge >= 0.3 is 0 Å². The van der Waals surface area contributed by atoms with Gasteiger partial charge in [0.15, 0.2) is 0 Å². The molecule has 0 aromatic rings. The van der Waals surface area contributed by atoms with Gasteiger partial charge in [0.05, 0.1) is 0 Å². The van der Waals surface area contributed by atoms with E-state index in [1.807, 2.05) is 13.8 Å². The lowest BCUT2D eigenvalue weighted by atomic mass is 10.4. The van der Waals surface area contributed by atoms with Gasteiger partial charge in [-0.2, -0.15) is 5.10 Å². The molecular weight excluding hydrogens is 116 g/mol. The molecule has 9 heavy (non-hydrogen) atoms. The highest BCUT2D eigenvalue weighted by Crippen LogP contribution is 1.89. The summed E-state index contributed by atoms with van der Waals surface area (Å²) >= 11 is 0. The van der Waals surface area contributed by atoms with Crippen LogP contribution in [-0.2, 0) is 0 Å². The SMILES string of the molecule is C/C(=N/N)N(N)C(C)C. The van der Waals surface area contributed by atoms with Gasteiger partial charge in [0.1, 0.15) is 5.84 Å². The topological polar surface area (TPSA) is 67.6 Å². The van der Waals surface area contributed by atoms with Crippen LogP contribution in [0.3, 0.4) is 0 Å². The zero-order chi connectivity index (χ0) is 7.44. The number of amidine groups is 1. The number of hydrazone groups is 1. The van der Waals surface area contributed by atoms with E-state index in [0.717, 1.165) is 0 Å². The molecule has 0 aliphatic carbocycles. The van der Waals surface area contributed by atoms with E-state index in [4.69, 9.17) is 11.7 Å². The summed E-state index contributed by atoms with van der Waals surface area (Å²) in [6.07, 6.45) is 0. The lowest BCUT2D eigenvalue weighted by molar-refractivity contribution is 0.360. The van der Waals surface area contributed by atoms with Gasteiger partial charge in [-0.3, -0.25) is 5.01 Å². The van der Waals surface area contributed by atoms with Crippen LogP contribution in [0.5, 0.6) is 0 Å². The van der Waals surface area contributed by atoms with Gasteiger partial charge in [-0.1, -0.05) is 0 Å². The molecule has 4 nitrogen and oxygen atoms in total. The van der Waals surface area contributed by atoms with E-state index in [0.29, 0.717) is 5.84 Å². The largest absolute Gasteiger partial charge is 0.322 e. The van der Waals surface area contributed by atoms with E-state index in [-0.39, 0.29) is 6.04 Å². The highest BCUT2D eigenvalue weighted by atomic mass is 15.5. The Bertz CT molecular complexity index is 108. The molecule has 0 saturated heterocycles. The van der Waals surface area contributed by atoms with Crippen molar-refractivity contribution in [1.82, 2.24) is 5.01 Å². The molecule has 0 aromatic carbocycles. The lowest BCUT2D eigenvalue weighted by Crippen LogP contribution is -2.41. The molecule has 0 saturated carbocycles. The summed E-state index contributed by atoms with van der Waals surface area (Å²) in [6, 6.07) is 0.247. The minimum atomic E-state index is 0.247. The highest BCUT2D eigenvalue weighted by molar-refractivity contribution is 5.78. The highest BCUT2D eigenvalue weighted by Gasteiger charge is 2.03. The van der Waals surface area contributed by atoms with Crippen LogP contribution in [0.2, 0.25) is 0 Å². The number of hydrogen-bond acceptors (Lipinski definition) is 3. The van der Waals surface area contributed by atoms with Gasteiger partial charge in [-0.25, -0.2) is 5.84 Å². The van der Waals surface area contributed by atoms with Crippen molar-refractivity contribution in [3.05, 3.63) is 0 Å². The van der Waals surface area contributed by atoms with Crippen LogP contribution < -0.4 is 11.7 Å². The molecule has 0 aromatic heterocycles. The quantitative estimate of drug-likeness (QED) is 0.225. The van der Waals surface area contributed by atoms with Gasteiger partial charge in [-0.05, 0) is 20.8 Å². The van der Waals surface area contributed by atoms with Crippen molar-refractivity contribution in [1.29, 1.82) is 0 Å². The zero-order valence-corrected chi connectivity index (χ0v) is 6.13. The van der Waals surface area contributed by atoms with Gasteiger partial charge < -0.3 is 5.84 Å². The molecule has 0 atom stereocenters. The van der Waals surface area contributed by atoms with Crippen molar-refractivity contribution < 1.29 is 0 Å². The predicted octanol–water partition coefficient (Wildman–Crippen LogP) is -0.137. The summed E-state index contributed by atoms with van der Waals surface area (Å²) < 4.78 is 0. The molecule has 0 aliphatic heterocycles. The zero-order valence-electron chi connectivity index (χ0n) is 6.13. The van der Waals surface area contributed by atoms with Crippen LogP contribution in [0.15, 0.2) is 5.10 Å². The maximum absolute atomic E-state index is 5.49. The maximum Gasteiger partial charge on any atom is 0.135 e. The Labute approximate surface area is 55.5 Å². The number of nitrogens with two attached hydrogens (primary N) is 2. The monoisotopic (exact) mass is 130 g/mol. The third kappa shape index (κ3) is 2.32. The summed E-state index contributed by atoms with van der Waals surface area (Å²) in [7, 11) is 0. The van der Waals surface area contributed by atoms with Crippen LogP contribution in [0.25, 0.3) is 0 Å². The second kappa shape index (κ2) is 3.29. The first-order valence-corrected chi connectivity index (χ1v) is 2.88. The van der Waals surface area contributed by atoms with Crippen molar-refractivity contribution in [3.63, 3.8) is 0 Å². The Morgan fingerprint density at radius 1 is 1.56 bits per heavy atom. The molecule has 0 spiro atoms. The van der Waals surface area contributed by atoms with Crippen LogP contribution in [0.4, 0.5) is 0 Å². The van der Waals surface area contributed by atoms with Crippen LogP contribution in [0, 0.1) is 0 Å². The van der Waals surface area contributed by atoms with Crippen molar-refractivity contribution >= 4 is 5.84 Å². The average molecular weight is 130 g/mol. The van der Waals surface area contributed by atoms with Crippen molar-refractivity contribution in [2.75, 3.05) is 0 Å². The maximum atomic E-state index is 5.49. The summed E-state index contributed by atoms with van der Waals surface area (Å²) in [5.41, 5.74) is 0. The van der Waals surface area contributed by atoms with E-state index in [9.17, 15) is 0 Å². The predicted molar refractivity (Wildman–Crippen MR) is 38.5 cm³/mol. The van der Waals surface area contributed by atoms with Gasteiger partial charge in [0, 0.05) is 6.04 Å². The molecule has 0 bridgehead atoms. The number of nitrogens with zero attached hydrogens (tertiary/aromatic N) is 2. The molecule has 0 aliphatic rings. The first kappa shape index (κ1) is 8.23. The summed E-state index contributed by atoms with van der Waals surface area (Å²) in [5.74, 6) is 11.1. The van der Waals surface area contributed by atoms with E-state index in [1.165, 1.54) is 5.01 Å². The lowest BCUT2D eigenvalue weighted by Gasteiger charge is -2.20. The molecule has 4 N–H and O–H groups in total. The van der Waals surface area contributed by atoms with E-state index in [1.54, 1.807) is 6.92 Å². The Morgan fingerprint density at radius 3 is 2.11 bits per heavy atom. The number of hydrazine groups is 1. The minimum Gasteiger partial charge on any atom is -0.322 e. The molecule has 0 rings (SSSR count). The third-order valence-electron chi connectivity index (χ3n) is 1.12. The van der Waals surface area contributed by atoms with Crippen molar-refractivity contribution in [3.8, 4) is 0 Å². The van der Waals surface area contributed by atoms with Crippen molar-refractivity contribution in [2.24, 2.45) is 16.8 Å². The van der Waals surface area contributed by atoms with E-state index < -0.39 is 0 Å². The Morgan fingerprint density at radius 2 is 2.00 bits per heavy atom. The molecule has 0 unspecified atom stereocenters. The number of rotatable bonds is 1. The van der Waals surface area contributed by atoms with Crippen LogP contribution in [-0.4, -0.2) is 16.9 Å². The molecule has 0 heterocycles. The summed E-state index contributed by atoms with van der Waals surface area (Å²) in [4.78, 5) is 0. The summed E-state index contributed by atoms with van der Waals surface area (Å²) in [5, 5.41) is 4.94. The molecule has 4 heteroatoms. The second-order valence-corrected chi connectivity index (χ2v) is 2.18. The van der Waals surface area contributed by atoms with Gasteiger partial charge in [0.25, 0.3) is 0 Å². The smallest absolute Gasteiger partial charge is 0.135 e. The molecular formula is C5H14N4. The molecule has 0 amide bonds. The van der Waals surface area contributed by atoms with E-state index in [2.05, 4.69) is 5.10 Å². The Balaban J connectivity index is 3.88. The second-order valence-electron chi connectivity index (χ2n) is 2.18. The Hall–Kier alpha value is -0.770. The van der Waals surface area contributed by atoms with Crippen molar-refractivity contribution in [2.45, 2.75) is 26.8 Å².